The second-order valence-electron chi connectivity index (χ2n) is 4.01. The van der Waals surface area contributed by atoms with Crippen molar-refractivity contribution in [1.29, 1.82) is 0 Å². The Morgan fingerprint density at radius 1 is 1.42 bits per heavy atom. The molecule has 5 nitrogen and oxygen atoms in total. The van der Waals surface area contributed by atoms with E-state index in [1.54, 1.807) is 29.7 Å². The number of aromatic nitrogens is 3. The fourth-order valence-corrected chi connectivity index (χ4v) is 2.58. The summed E-state index contributed by atoms with van der Waals surface area (Å²) in [7, 11) is 1.36. The van der Waals surface area contributed by atoms with E-state index in [1.165, 1.54) is 12.0 Å². The Balaban J connectivity index is 1.98. The lowest BCUT2D eigenvalue weighted by Gasteiger charge is -2.01. The van der Waals surface area contributed by atoms with Crippen molar-refractivity contribution in [2.24, 2.45) is 0 Å². The molecule has 3 aromatic rings. The van der Waals surface area contributed by atoms with Crippen molar-refractivity contribution in [2.75, 3.05) is 7.11 Å². The summed E-state index contributed by atoms with van der Waals surface area (Å²) in [6.07, 6.45) is 2.53. The number of pyridine rings is 1. The zero-order chi connectivity index (χ0) is 13.2. The van der Waals surface area contributed by atoms with Gasteiger partial charge in [0, 0.05) is 17.5 Å². The van der Waals surface area contributed by atoms with Gasteiger partial charge in [-0.25, -0.2) is 4.79 Å². The number of fused-ring (bicyclic) bond motifs is 1. The highest BCUT2D eigenvalue weighted by molar-refractivity contribution is 7.09. The highest BCUT2D eigenvalue weighted by Gasteiger charge is 2.11. The minimum atomic E-state index is -0.370. The van der Waals surface area contributed by atoms with Crippen molar-refractivity contribution < 1.29 is 9.53 Å². The topological polar surface area (TPSA) is 56.5 Å². The molecule has 0 unspecified atom stereocenters. The van der Waals surface area contributed by atoms with Gasteiger partial charge >= 0.3 is 5.97 Å². The van der Waals surface area contributed by atoms with E-state index < -0.39 is 0 Å². The molecule has 0 bridgehead atoms. The molecule has 0 aliphatic carbocycles. The van der Waals surface area contributed by atoms with E-state index in [2.05, 4.69) is 21.0 Å². The van der Waals surface area contributed by atoms with Crippen molar-refractivity contribution in [3.8, 4) is 0 Å². The van der Waals surface area contributed by atoms with Crippen molar-refractivity contribution >= 4 is 23.0 Å². The summed E-state index contributed by atoms with van der Waals surface area (Å²) in [6, 6.07) is 7.46. The van der Waals surface area contributed by atoms with Crippen molar-refractivity contribution in [2.45, 2.75) is 6.42 Å². The molecule has 0 amide bonds. The first kappa shape index (κ1) is 11.9. The molecular formula is C13H11N3O2S. The molecule has 0 aliphatic heterocycles. The Morgan fingerprint density at radius 2 is 2.32 bits per heavy atom. The van der Waals surface area contributed by atoms with Crippen LogP contribution in [0.5, 0.6) is 0 Å². The quantitative estimate of drug-likeness (QED) is 0.686. The van der Waals surface area contributed by atoms with Gasteiger partial charge in [-0.15, -0.1) is 21.5 Å². The third kappa shape index (κ3) is 2.22. The van der Waals surface area contributed by atoms with Gasteiger partial charge in [0.15, 0.2) is 5.65 Å². The molecule has 19 heavy (non-hydrogen) atoms. The second kappa shape index (κ2) is 4.81. The van der Waals surface area contributed by atoms with Crippen LogP contribution in [0.2, 0.25) is 0 Å². The highest BCUT2D eigenvalue weighted by Crippen LogP contribution is 2.15. The van der Waals surface area contributed by atoms with E-state index in [0.29, 0.717) is 11.2 Å². The van der Waals surface area contributed by atoms with E-state index in [9.17, 15) is 4.79 Å². The smallest absolute Gasteiger partial charge is 0.338 e. The summed E-state index contributed by atoms with van der Waals surface area (Å²) in [5.74, 6) is 0.485. The van der Waals surface area contributed by atoms with Crippen LogP contribution >= 0.6 is 11.3 Å². The number of methoxy groups -OCH3 is 1. The van der Waals surface area contributed by atoms with Crippen LogP contribution in [0.4, 0.5) is 0 Å². The maximum absolute atomic E-state index is 11.4. The van der Waals surface area contributed by atoms with Crippen LogP contribution < -0.4 is 0 Å². The predicted molar refractivity (Wildman–Crippen MR) is 71.5 cm³/mol. The van der Waals surface area contributed by atoms with E-state index in [4.69, 9.17) is 0 Å². The molecule has 6 heteroatoms. The number of thiophene rings is 1. The van der Waals surface area contributed by atoms with Crippen molar-refractivity contribution in [1.82, 2.24) is 14.6 Å². The van der Waals surface area contributed by atoms with Crippen LogP contribution in [0.15, 0.2) is 35.8 Å². The van der Waals surface area contributed by atoms with Gasteiger partial charge in [-0.05, 0) is 23.6 Å². The number of rotatable bonds is 3. The lowest BCUT2D eigenvalue weighted by molar-refractivity contribution is 0.0600. The Hall–Kier alpha value is -2.21. The van der Waals surface area contributed by atoms with Gasteiger partial charge in [0.25, 0.3) is 0 Å². The fraction of sp³-hybridized carbons (Fsp3) is 0.154. The molecule has 3 heterocycles. The van der Waals surface area contributed by atoms with E-state index in [1.807, 2.05) is 15.8 Å². The predicted octanol–water partition coefficient (Wildman–Crippen LogP) is 2.17. The number of ether oxygens (including phenoxy) is 1. The first-order valence-corrected chi connectivity index (χ1v) is 6.60. The third-order valence-corrected chi connectivity index (χ3v) is 3.69. The molecule has 0 fully saturated rings. The summed E-state index contributed by atoms with van der Waals surface area (Å²) in [5, 5.41) is 10.3. The van der Waals surface area contributed by atoms with Gasteiger partial charge in [0.2, 0.25) is 0 Å². The number of nitrogens with zero attached hydrogens (tertiary/aromatic N) is 3. The SMILES string of the molecule is COC(=O)c1ccn2c(Cc3cccs3)nnc2c1. The molecule has 0 spiro atoms. The standard InChI is InChI=1S/C13H11N3O2S/c1-18-13(17)9-4-5-16-11(7-9)14-15-12(16)8-10-3-2-6-19-10/h2-7H,8H2,1H3. The number of hydrogen-bond acceptors (Lipinski definition) is 5. The van der Waals surface area contributed by atoms with Gasteiger partial charge in [-0.2, -0.15) is 0 Å². The minimum Gasteiger partial charge on any atom is -0.465 e. The summed E-state index contributed by atoms with van der Waals surface area (Å²) in [6.45, 7) is 0. The van der Waals surface area contributed by atoms with Crippen molar-refractivity contribution in [3.05, 3.63) is 52.1 Å². The molecule has 0 N–H and O–H groups in total. The number of carbonyl (C=O) groups is 1. The normalized spacial score (nSPS) is 10.8. The van der Waals surface area contributed by atoms with Crippen LogP contribution in [0.3, 0.4) is 0 Å². The van der Waals surface area contributed by atoms with Gasteiger partial charge in [-0.3, -0.25) is 4.40 Å². The summed E-state index contributed by atoms with van der Waals surface area (Å²) < 4.78 is 6.56. The zero-order valence-corrected chi connectivity index (χ0v) is 11.1. The van der Waals surface area contributed by atoms with Gasteiger partial charge in [0.1, 0.15) is 5.82 Å². The van der Waals surface area contributed by atoms with Gasteiger partial charge < -0.3 is 4.74 Å². The molecule has 0 aliphatic rings. The van der Waals surface area contributed by atoms with Gasteiger partial charge in [-0.1, -0.05) is 6.07 Å². The number of hydrogen-bond donors (Lipinski definition) is 0. The monoisotopic (exact) mass is 273 g/mol. The maximum Gasteiger partial charge on any atom is 0.338 e. The Morgan fingerprint density at radius 3 is 3.05 bits per heavy atom. The lowest BCUT2D eigenvalue weighted by Crippen LogP contribution is -2.02. The number of carbonyl (C=O) groups excluding carboxylic acids is 1. The van der Waals surface area contributed by atoms with Crippen LogP contribution in [0.1, 0.15) is 21.1 Å². The molecule has 0 saturated heterocycles. The molecule has 0 aromatic carbocycles. The molecule has 96 valence electrons. The van der Waals surface area contributed by atoms with E-state index >= 15 is 0 Å². The molecular weight excluding hydrogens is 262 g/mol. The largest absolute Gasteiger partial charge is 0.465 e. The molecule has 0 radical (unpaired) electrons. The lowest BCUT2D eigenvalue weighted by atomic mass is 10.2. The Kier molecular flexibility index (Phi) is 3.00. The third-order valence-electron chi connectivity index (χ3n) is 2.81. The van der Waals surface area contributed by atoms with E-state index in [0.717, 1.165) is 12.2 Å². The van der Waals surface area contributed by atoms with Crippen LogP contribution in [-0.2, 0) is 11.2 Å². The van der Waals surface area contributed by atoms with Crippen LogP contribution in [-0.4, -0.2) is 27.7 Å². The summed E-state index contributed by atoms with van der Waals surface area (Å²) >= 11 is 1.69. The van der Waals surface area contributed by atoms with E-state index in [-0.39, 0.29) is 5.97 Å². The first-order valence-electron chi connectivity index (χ1n) is 5.72. The second-order valence-corrected chi connectivity index (χ2v) is 5.04. The first-order chi connectivity index (χ1) is 9.28. The minimum absolute atomic E-state index is 0.370. The fourth-order valence-electron chi connectivity index (χ4n) is 1.87. The van der Waals surface area contributed by atoms with Crippen LogP contribution in [0, 0.1) is 0 Å². The summed E-state index contributed by atoms with van der Waals surface area (Å²) in [5.41, 5.74) is 1.12. The molecule has 3 rings (SSSR count). The zero-order valence-electron chi connectivity index (χ0n) is 10.2. The Labute approximate surface area is 113 Å². The van der Waals surface area contributed by atoms with Gasteiger partial charge in [0.05, 0.1) is 12.7 Å². The highest BCUT2D eigenvalue weighted by atomic mass is 32.1. The van der Waals surface area contributed by atoms with Crippen LogP contribution in [0.25, 0.3) is 5.65 Å². The summed E-state index contributed by atoms with van der Waals surface area (Å²) in [4.78, 5) is 12.7. The average molecular weight is 273 g/mol. The average Bonchev–Trinajstić information content (AvgIpc) is 3.08. The van der Waals surface area contributed by atoms with Crippen molar-refractivity contribution in [3.63, 3.8) is 0 Å². The molecule has 3 aromatic heterocycles. The Bertz CT molecular complexity index is 719. The molecule has 0 saturated carbocycles. The number of esters is 1. The molecule has 0 atom stereocenters. The maximum atomic E-state index is 11.4.